The van der Waals surface area contributed by atoms with Crippen LogP contribution in [-0.2, 0) is 51.6 Å². The second kappa shape index (κ2) is 21.1. The first-order chi connectivity index (χ1) is 37.6. The summed E-state index contributed by atoms with van der Waals surface area (Å²) in [5.74, 6) is 1.63. The molecule has 2 aromatic heterocycles. The minimum atomic E-state index is -1.43. The highest BCUT2D eigenvalue weighted by atomic mass is 19.1. The molecule has 6 heterocycles. The Balaban J connectivity index is 0.000000170. The number of nitrogens with one attached hydrogen (secondary N) is 1. The second-order valence-electron chi connectivity index (χ2n) is 25.4. The Bertz CT molecular complexity index is 3040. The van der Waals surface area contributed by atoms with Crippen LogP contribution in [0, 0.1) is 39.5 Å². The molecule has 4 aromatic rings. The van der Waals surface area contributed by atoms with Gasteiger partial charge in [-0.1, -0.05) is 36.4 Å². The van der Waals surface area contributed by atoms with Gasteiger partial charge in [0.05, 0.1) is 0 Å². The van der Waals surface area contributed by atoms with Crippen molar-refractivity contribution in [2.45, 2.75) is 179 Å². The van der Waals surface area contributed by atoms with Crippen molar-refractivity contribution in [2.24, 2.45) is 17.6 Å². The number of piperidine rings is 4. The zero-order valence-electron chi connectivity index (χ0n) is 47.3. The normalized spacial score (nSPS) is 23.9. The van der Waals surface area contributed by atoms with Crippen LogP contribution in [0.25, 0.3) is 0 Å². The van der Waals surface area contributed by atoms with Crippen LogP contribution in [0.5, 0.6) is 0 Å². The van der Waals surface area contributed by atoms with Gasteiger partial charge in [-0.2, -0.15) is 10.2 Å². The molecule has 12 rings (SSSR count). The molecule has 8 aliphatic rings. The summed E-state index contributed by atoms with van der Waals surface area (Å²) in [5.41, 5.74) is 13.4. The minimum Gasteiger partial charge on any atom is -0.444 e. The summed E-state index contributed by atoms with van der Waals surface area (Å²) in [7, 11) is 0. The van der Waals surface area contributed by atoms with E-state index in [-0.39, 0.29) is 61.6 Å². The third-order valence-corrected chi connectivity index (χ3v) is 19.0. The van der Waals surface area contributed by atoms with Crippen molar-refractivity contribution in [3.63, 3.8) is 0 Å². The number of hydrogen-bond acceptors (Lipinski definition) is 9. The Hall–Kier alpha value is -6.17. The number of amides is 5. The molecule has 4 aliphatic carbocycles. The molecule has 5 amide bonds. The van der Waals surface area contributed by atoms with Crippen LogP contribution in [-0.4, -0.2) is 139 Å². The Labute approximate surface area is 463 Å². The van der Waals surface area contributed by atoms with E-state index in [0.717, 1.165) is 94.4 Å². The lowest BCUT2D eigenvalue weighted by Gasteiger charge is -2.37. The van der Waals surface area contributed by atoms with Gasteiger partial charge in [0, 0.05) is 113 Å². The lowest BCUT2D eigenvalue weighted by atomic mass is 9.82. The lowest BCUT2D eigenvalue weighted by molar-refractivity contribution is -0.135. The average molecular weight is 1090 g/mol. The number of hydrogen-bond donors (Lipinski definition) is 2. The Morgan fingerprint density at radius 2 is 1.03 bits per heavy atom. The summed E-state index contributed by atoms with van der Waals surface area (Å²) < 4.78 is 40.9. The zero-order valence-corrected chi connectivity index (χ0v) is 47.3. The molecule has 0 bridgehead atoms. The summed E-state index contributed by atoms with van der Waals surface area (Å²) in [6.07, 6.45) is 7.52. The first-order valence-corrected chi connectivity index (χ1v) is 29.2. The summed E-state index contributed by atoms with van der Waals surface area (Å²) in [6.45, 7) is 17.5. The molecule has 6 fully saturated rings. The number of carbonyl (C=O) groups is 5. The van der Waals surface area contributed by atoms with E-state index in [0.29, 0.717) is 113 Å². The maximum absolute atomic E-state index is 16.0. The Kier molecular flexibility index (Phi) is 14.6. The van der Waals surface area contributed by atoms with Crippen molar-refractivity contribution < 1.29 is 37.5 Å². The number of nitrogens with zero attached hydrogens (tertiary/aromatic N) is 8. The smallest absolute Gasteiger partial charge is 0.407 e. The number of ether oxygens (including phenoxy) is 1. The SMILES string of the molecule is Cc1cccc(C2(F)CCN(C(=O)Cn3nc(C(=O)N4CCC(N)CC4)c4c3C[C@H]3C[C@@H]43)CC2)c1C.Cc1cccc(C2(F)CCN(C(=O)Cn3nc(C(=O)N4CCC(NC(=O)OC(C)(C)C)CC4)c4c3C[C@H]3C[C@@H]43)CC2)c1C. The quantitative estimate of drug-likeness (QED) is 0.168. The number of nitrogens with two attached hydrogens (primary N) is 1. The van der Waals surface area contributed by atoms with Crippen LogP contribution < -0.4 is 11.1 Å². The van der Waals surface area contributed by atoms with Crippen molar-refractivity contribution >= 4 is 29.7 Å². The molecule has 4 atom stereocenters. The van der Waals surface area contributed by atoms with Crippen molar-refractivity contribution in [2.75, 3.05) is 52.4 Å². The van der Waals surface area contributed by atoms with Crippen LogP contribution in [0.3, 0.4) is 0 Å². The second-order valence-corrected chi connectivity index (χ2v) is 25.4. The van der Waals surface area contributed by atoms with Crippen LogP contribution >= 0.6 is 0 Å². The number of halogens is 2. The number of fused-ring (bicyclic) bond motifs is 6. The van der Waals surface area contributed by atoms with Crippen molar-refractivity contribution in [3.05, 3.63) is 104 Å². The van der Waals surface area contributed by atoms with E-state index < -0.39 is 23.0 Å². The van der Waals surface area contributed by atoms with Gasteiger partial charge < -0.3 is 35.4 Å². The number of carbonyl (C=O) groups excluding carboxylic acids is 5. The van der Waals surface area contributed by atoms with E-state index in [1.165, 1.54) is 0 Å². The molecule has 2 saturated carbocycles. The number of alkyl halides is 2. The summed E-state index contributed by atoms with van der Waals surface area (Å²) in [4.78, 5) is 73.1. The van der Waals surface area contributed by atoms with Crippen LogP contribution in [0.4, 0.5) is 13.6 Å². The Morgan fingerprint density at radius 3 is 1.43 bits per heavy atom. The maximum Gasteiger partial charge on any atom is 0.407 e. The van der Waals surface area contributed by atoms with Crippen molar-refractivity contribution in [1.82, 2.24) is 44.5 Å². The molecule has 0 unspecified atom stereocenters. The van der Waals surface area contributed by atoms with E-state index in [9.17, 15) is 24.0 Å². The third kappa shape index (κ3) is 11.0. The van der Waals surface area contributed by atoms with Gasteiger partial charge in [-0.3, -0.25) is 28.5 Å². The molecule has 79 heavy (non-hydrogen) atoms. The molecule has 0 radical (unpaired) electrons. The highest BCUT2D eigenvalue weighted by molar-refractivity contribution is 5.96. The fourth-order valence-corrected chi connectivity index (χ4v) is 13.8. The molecule has 4 saturated heterocycles. The fourth-order valence-electron chi connectivity index (χ4n) is 13.8. The first-order valence-electron chi connectivity index (χ1n) is 29.2. The number of benzene rings is 2. The largest absolute Gasteiger partial charge is 0.444 e. The van der Waals surface area contributed by atoms with Crippen LogP contribution in [0.15, 0.2) is 36.4 Å². The Morgan fingerprint density at radius 1 is 0.620 bits per heavy atom. The highest BCUT2D eigenvalue weighted by Gasteiger charge is 2.52. The molecular weight excluding hydrogens is 1010 g/mol. The fraction of sp³-hybridized carbons (Fsp3) is 0.623. The standard InChI is InChI=1S/C33H44FN5O4.C28H36FN5O2/c1-20-7-6-8-25(21(20)2)33(34)11-15-37(16-12-33)27(40)19-39-26-18-22-17-24(22)28(26)29(36-39)30(41)38-13-9-23(10-14-38)35-31(42)43-32(3,4)5;1-17-4-3-5-22(18(17)2)28(29)8-12-32(13-9-28)24(35)16-34-23-15-19-14-21(19)25(23)26(31-34)27(36)33-10-6-20(30)7-11-33/h6-8,22-24H,9-19H2,1-5H3,(H,35,42);3-5,19-21H,6-16,30H2,1-2H3/t22-,24-;19-,21-/m11/s1. The number of aryl methyl sites for hydroxylation is 2. The van der Waals surface area contributed by atoms with Gasteiger partial charge in [0.2, 0.25) is 11.8 Å². The van der Waals surface area contributed by atoms with Gasteiger partial charge in [0.15, 0.2) is 11.4 Å². The molecule has 3 N–H and O–H groups in total. The van der Waals surface area contributed by atoms with Gasteiger partial charge in [-0.15, -0.1) is 0 Å². The van der Waals surface area contributed by atoms with E-state index >= 15 is 8.78 Å². The maximum atomic E-state index is 16.0. The number of aromatic nitrogens is 4. The monoisotopic (exact) mass is 1090 g/mol. The van der Waals surface area contributed by atoms with Gasteiger partial charge >= 0.3 is 6.09 Å². The molecule has 0 spiro atoms. The third-order valence-electron chi connectivity index (χ3n) is 19.0. The van der Waals surface area contributed by atoms with E-state index in [4.69, 9.17) is 20.7 Å². The van der Waals surface area contributed by atoms with E-state index in [2.05, 4.69) is 5.32 Å². The van der Waals surface area contributed by atoms with E-state index in [1.807, 2.05) is 94.7 Å². The van der Waals surface area contributed by atoms with Gasteiger partial charge in [0.25, 0.3) is 11.8 Å². The molecule has 424 valence electrons. The molecule has 2 aromatic carbocycles. The summed E-state index contributed by atoms with van der Waals surface area (Å²) in [5, 5.41) is 12.4. The highest BCUT2D eigenvalue weighted by Crippen LogP contribution is 2.58. The first kappa shape index (κ1) is 54.8. The summed E-state index contributed by atoms with van der Waals surface area (Å²) in [6, 6.07) is 11.7. The predicted molar refractivity (Wildman–Crippen MR) is 294 cm³/mol. The topological polar surface area (TPSA) is 181 Å². The summed E-state index contributed by atoms with van der Waals surface area (Å²) >= 11 is 0. The molecule has 4 aliphatic heterocycles. The number of likely N-dealkylation sites (tertiary alicyclic amines) is 4. The van der Waals surface area contributed by atoms with Crippen molar-refractivity contribution in [1.29, 1.82) is 0 Å². The van der Waals surface area contributed by atoms with Gasteiger partial charge in [0.1, 0.15) is 30.0 Å². The number of rotatable bonds is 9. The van der Waals surface area contributed by atoms with Crippen LogP contribution in [0.2, 0.25) is 0 Å². The predicted octanol–water partition coefficient (Wildman–Crippen LogP) is 7.99. The van der Waals surface area contributed by atoms with Gasteiger partial charge in [-0.25, -0.2) is 13.6 Å². The molecular formula is C61H80F2N10O6. The minimum absolute atomic E-state index is 0.0226. The molecule has 18 heteroatoms. The molecule has 16 nitrogen and oxygen atoms in total. The van der Waals surface area contributed by atoms with E-state index in [1.54, 1.807) is 19.2 Å². The van der Waals surface area contributed by atoms with Gasteiger partial charge in [-0.05, 0) is 157 Å². The van der Waals surface area contributed by atoms with Crippen LogP contribution in [0.1, 0.15) is 174 Å². The lowest BCUT2D eigenvalue weighted by Crippen LogP contribution is -2.47. The average Bonchev–Trinajstić information content (AvgIpc) is 3.62. The number of alkyl carbamates (subject to hydrolysis) is 1. The van der Waals surface area contributed by atoms with Crippen molar-refractivity contribution in [3.8, 4) is 0 Å². The zero-order chi connectivity index (χ0) is 55.9.